The van der Waals surface area contributed by atoms with Crippen LogP contribution in [0.3, 0.4) is 0 Å². The first kappa shape index (κ1) is 17.2. The van der Waals surface area contributed by atoms with Gasteiger partial charge in [-0.3, -0.25) is 9.59 Å². The van der Waals surface area contributed by atoms with Gasteiger partial charge in [0, 0.05) is 13.0 Å². The molecule has 116 valence electrons. The Morgan fingerprint density at radius 3 is 2.43 bits per heavy atom. The zero-order chi connectivity index (χ0) is 16.0. The van der Waals surface area contributed by atoms with E-state index in [4.69, 9.17) is 5.11 Å². The average molecular weight is 293 g/mol. The van der Waals surface area contributed by atoms with Crippen LogP contribution in [0.1, 0.15) is 38.3 Å². The zero-order valence-electron chi connectivity index (χ0n) is 12.7. The molecule has 0 aromatic heterocycles. The van der Waals surface area contributed by atoms with Crippen LogP contribution < -0.4 is 5.32 Å². The van der Waals surface area contributed by atoms with Gasteiger partial charge >= 0.3 is 5.97 Å². The monoisotopic (exact) mass is 293 g/mol. The molecule has 0 aliphatic carbocycles. The summed E-state index contributed by atoms with van der Waals surface area (Å²) in [5.74, 6) is -1.39. The quantitative estimate of drug-likeness (QED) is 0.717. The molecule has 0 bridgehead atoms. The van der Waals surface area contributed by atoms with E-state index in [2.05, 4.69) is 5.32 Å². The summed E-state index contributed by atoms with van der Waals surface area (Å²) in [5.41, 5.74) is 0.576. The molecule has 0 fully saturated rings. The molecule has 0 heterocycles. The standard InChI is InChI=1S/C16H23NO4/c1-11(2)16(3,15(20)21)8-14(19)17-9-12-5-4-6-13(7-12)10-18/h4-7,11,18H,8-10H2,1-3H3,(H,17,19)(H,20,21). The Bertz CT molecular complexity index is 513. The van der Waals surface area contributed by atoms with E-state index < -0.39 is 11.4 Å². The summed E-state index contributed by atoms with van der Waals surface area (Å²) in [7, 11) is 0. The number of aliphatic hydroxyl groups excluding tert-OH is 1. The van der Waals surface area contributed by atoms with Gasteiger partial charge in [0.05, 0.1) is 12.0 Å². The minimum absolute atomic E-state index is 0.0494. The van der Waals surface area contributed by atoms with Crippen LogP contribution in [0.5, 0.6) is 0 Å². The van der Waals surface area contributed by atoms with Crippen LogP contribution in [0.15, 0.2) is 24.3 Å². The van der Waals surface area contributed by atoms with Crippen molar-refractivity contribution in [2.24, 2.45) is 11.3 Å². The Hall–Kier alpha value is -1.88. The van der Waals surface area contributed by atoms with Crippen molar-refractivity contribution in [3.05, 3.63) is 35.4 Å². The van der Waals surface area contributed by atoms with Crippen LogP contribution in [0.2, 0.25) is 0 Å². The molecular formula is C16H23NO4. The van der Waals surface area contributed by atoms with Gasteiger partial charge in [-0.2, -0.15) is 0 Å². The van der Waals surface area contributed by atoms with Crippen molar-refractivity contribution in [3.63, 3.8) is 0 Å². The number of aliphatic hydroxyl groups is 1. The summed E-state index contributed by atoms with van der Waals surface area (Å²) in [6, 6.07) is 7.26. The predicted octanol–water partition coefficient (Wildman–Crippen LogP) is 1.93. The van der Waals surface area contributed by atoms with Gasteiger partial charge in [0.2, 0.25) is 5.91 Å². The third-order valence-corrected chi connectivity index (χ3v) is 3.95. The van der Waals surface area contributed by atoms with E-state index in [9.17, 15) is 14.7 Å². The molecule has 0 radical (unpaired) electrons. The number of aliphatic carboxylic acids is 1. The van der Waals surface area contributed by atoms with Crippen molar-refractivity contribution < 1.29 is 19.8 Å². The van der Waals surface area contributed by atoms with Crippen molar-refractivity contribution in [1.29, 1.82) is 0 Å². The van der Waals surface area contributed by atoms with Crippen LogP contribution in [-0.4, -0.2) is 22.1 Å². The lowest BCUT2D eigenvalue weighted by Crippen LogP contribution is -2.39. The molecule has 21 heavy (non-hydrogen) atoms. The number of carboxylic acid groups (broad SMARTS) is 1. The van der Waals surface area contributed by atoms with Crippen molar-refractivity contribution in [2.75, 3.05) is 0 Å². The summed E-state index contributed by atoms with van der Waals surface area (Å²) >= 11 is 0. The maximum atomic E-state index is 12.0. The van der Waals surface area contributed by atoms with Crippen LogP contribution in [-0.2, 0) is 22.7 Å². The highest BCUT2D eigenvalue weighted by atomic mass is 16.4. The first-order valence-electron chi connectivity index (χ1n) is 6.98. The molecule has 0 aliphatic rings. The number of rotatable bonds is 7. The van der Waals surface area contributed by atoms with Gasteiger partial charge in [-0.05, 0) is 24.0 Å². The number of hydrogen-bond donors (Lipinski definition) is 3. The molecular weight excluding hydrogens is 270 g/mol. The number of amides is 1. The Labute approximate surface area is 125 Å². The molecule has 1 rings (SSSR count). The van der Waals surface area contributed by atoms with E-state index in [1.807, 2.05) is 12.1 Å². The molecule has 0 spiro atoms. The first-order chi connectivity index (χ1) is 9.79. The number of benzene rings is 1. The largest absolute Gasteiger partial charge is 0.481 e. The Kier molecular flexibility index (Phi) is 5.90. The van der Waals surface area contributed by atoms with Crippen LogP contribution in [0.4, 0.5) is 0 Å². The molecule has 3 N–H and O–H groups in total. The molecule has 0 aliphatic heterocycles. The van der Waals surface area contributed by atoms with Gasteiger partial charge in [0.1, 0.15) is 0 Å². The Balaban J connectivity index is 2.63. The summed E-state index contributed by atoms with van der Waals surface area (Å²) in [6.45, 7) is 5.46. The van der Waals surface area contributed by atoms with Crippen LogP contribution in [0.25, 0.3) is 0 Å². The van der Waals surface area contributed by atoms with Gasteiger partial charge in [0.15, 0.2) is 0 Å². The van der Waals surface area contributed by atoms with Crippen LogP contribution in [0, 0.1) is 11.3 Å². The van der Waals surface area contributed by atoms with E-state index in [0.717, 1.165) is 11.1 Å². The van der Waals surface area contributed by atoms with E-state index >= 15 is 0 Å². The molecule has 0 saturated carbocycles. The minimum Gasteiger partial charge on any atom is -0.481 e. The highest BCUT2D eigenvalue weighted by Gasteiger charge is 2.38. The smallest absolute Gasteiger partial charge is 0.310 e. The molecule has 1 unspecified atom stereocenters. The average Bonchev–Trinajstić information content (AvgIpc) is 2.44. The molecule has 1 atom stereocenters. The third-order valence-electron chi connectivity index (χ3n) is 3.95. The van der Waals surface area contributed by atoms with Gasteiger partial charge in [-0.15, -0.1) is 0 Å². The van der Waals surface area contributed by atoms with Gasteiger partial charge in [-0.25, -0.2) is 0 Å². The fraction of sp³-hybridized carbons (Fsp3) is 0.500. The molecule has 5 heteroatoms. The second-order valence-electron chi connectivity index (χ2n) is 5.81. The number of hydrogen-bond acceptors (Lipinski definition) is 3. The highest BCUT2D eigenvalue weighted by Crippen LogP contribution is 2.31. The van der Waals surface area contributed by atoms with Gasteiger partial charge in [0.25, 0.3) is 0 Å². The molecule has 0 saturated heterocycles. The zero-order valence-corrected chi connectivity index (χ0v) is 12.7. The number of nitrogens with one attached hydrogen (secondary N) is 1. The van der Waals surface area contributed by atoms with Crippen molar-refractivity contribution in [2.45, 2.75) is 40.3 Å². The maximum absolute atomic E-state index is 12.0. The lowest BCUT2D eigenvalue weighted by molar-refractivity contribution is -0.153. The summed E-state index contributed by atoms with van der Waals surface area (Å²) in [6.07, 6.45) is -0.0559. The summed E-state index contributed by atoms with van der Waals surface area (Å²) < 4.78 is 0. The van der Waals surface area contributed by atoms with E-state index in [1.165, 1.54) is 0 Å². The number of carbonyl (C=O) groups is 2. The molecule has 5 nitrogen and oxygen atoms in total. The van der Waals surface area contributed by atoms with E-state index in [0.29, 0.717) is 6.54 Å². The topological polar surface area (TPSA) is 86.6 Å². The van der Waals surface area contributed by atoms with Crippen LogP contribution >= 0.6 is 0 Å². The van der Waals surface area contributed by atoms with E-state index in [-0.39, 0.29) is 24.9 Å². The Morgan fingerprint density at radius 2 is 1.90 bits per heavy atom. The second-order valence-corrected chi connectivity index (χ2v) is 5.81. The van der Waals surface area contributed by atoms with Crippen molar-refractivity contribution in [1.82, 2.24) is 5.32 Å². The minimum atomic E-state index is -1.07. The fourth-order valence-corrected chi connectivity index (χ4v) is 1.96. The SMILES string of the molecule is CC(C)C(C)(CC(=O)NCc1cccc(CO)c1)C(=O)O. The number of carboxylic acids is 1. The highest BCUT2D eigenvalue weighted by molar-refractivity contribution is 5.84. The lowest BCUT2D eigenvalue weighted by atomic mass is 9.76. The predicted molar refractivity (Wildman–Crippen MR) is 79.4 cm³/mol. The lowest BCUT2D eigenvalue weighted by Gasteiger charge is -2.28. The van der Waals surface area contributed by atoms with Gasteiger partial charge < -0.3 is 15.5 Å². The summed E-state index contributed by atoms with van der Waals surface area (Å²) in [4.78, 5) is 23.3. The molecule has 1 amide bonds. The van der Waals surface area contributed by atoms with Gasteiger partial charge in [-0.1, -0.05) is 38.1 Å². The van der Waals surface area contributed by atoms with E-state index in [1.54, 1.807) is 32.9 Å². The second kappa shape index (κ2) is 7.22. The van der Waals surface area contributed by atoms with Crippen molar-refractivity contribution in [3.8, 4) is 0 Å². The maximum Gasteiger partial charge on any atom is 0.310 e. The number of carbonyl (C=O) groups excluding carboxylic acids is 1. The fourth-order valence-electron chi connectivity index (χ4n) is 1.96. The Morgan fingerprint density at radius 1 is 1.29 bits per heavy atom. The summed E-state index contributed by atoms with van der Waals surface area (Å²) in [5, 5.41) is 21.1. The third kappa shape index (κ3) is 4.56. The first-order valence-corrected chi connectivity index (χ1v) is 6.98. The molecule has 1 aromatic carbocycles. The molecule has 1 aromatic rings. The van der Waals surface area contributed by atoms with Crippen molar-refractivity contribution >= 4 is 11.9 Å². The normalized spacial score (nSPS) is 13.8.